The lowest BCUT2D eigenvalue weighted by molar-refractivity contribution is -0.140. The van der Waals surface area contributed by atoms with Gasteiger partial charge in [-0.25, -0.2) is 8.42 Å². The minimum absolute atomic E-state index is 0.0405. The first-order valence-electron chi connectivity index (χ1n) is 14.6. The number of sulfonamides is 1. The van der Waals surface area contributed by atoms with Gasteiger partial charge in [0.2, 0.25) is 11.8 Å². The van der Waals surface area contributed by atoms with Gasteiger partial charge in [0.1, 0.15) is 12.6 Å². The van der Waals surface area contributed by atoms with Crippen LogP contribution in [0.25, 0.3) is 0 Å². The quantitative estimate of drug-likeness (QED) is 0.187. The molecule has 230 valence electrons. The summed E-state index contributed by atoms with van der Waals surface area (Å²) in [6.07, 6.45) is 0.989. The maximum absolute atomic E-state index is 14.5. The molecule has 0 aliphatic rings. The number of nitrogens with zero attached hydrogens (tertiary/aromatic N) is 2. The molecule has 4 rings (SSSR count). The zero-order valence-electron chi connectivity index (χ0n) is 25.2. The van der Waals surface area contributed by atoms with Crippen molar-refractivity contribution in [3.8, 4) is 0 Å². The normalized spacial score (nSPS) is 11.9. The number of halogens is 1. The third-order valence-electron chi connectivity index (χ3n) is 7.41. The summed E-state index contributed by atoms with van der Waals surface area (Å²) in [5, 5.41) is 3.33. The fourth-order valence-corrected chi connectivity index (χ4v) is 6.57. The molecular weight excluding hydrogens is 594 g/mol. The SMILES string of the molecule is CCCNC(=O)[C@H](Cc1ccccc1)N(Cc1ccc(C)cc1)C(=O)CN(c1cccc(Cl)c1C)S(=O)(=O)c1ccccc1. The summed E-state index contributed by atoms with van der Waals surface area (Å²) in [5.74, 6) is -0.815. The first kappa shape index (κ1) is 32.8. The van der Waals surface area contributed by atoms with Crippen molar-refractivity contribution in [1.29, 1.82) is 0 Å². The van der Waals surface area contributed by atoms with Gasteiger partial charge in [0, 0.05) is 24.5 Å². The maximum Gasteiger partial charge on any atom is 0.264 e. The van der Waals surface area contributed by atoms with Crippen molar-refractivity contribution in [3.63, 3.8) is 0 Å². The van der Waals surface area contributed by atoms with Crippen molar-refractivity contribution in [2.24, 2.45) is 0 Å². The number of rotatable bonds is 13. The van der Waals surface area contributed by atoms with E-state index in [2.05, 4.69) is 5.32 Å². The molecule has 4 aromatic rings. The molecule has 0 unspecified atom stereocenters. The van der Waals surface area contributed by atoms with Crippen molar-refractivity contribution in [2.75, 3.05) is 17.4 Å². The molecule has 0 saturated heterocycles. The highest BCUT2D eigenvalue weighted by atomic mass is 35.5. The second kappa shape index (κ2) is 15.0. The fourth-order valence-electron chi connectivity index (χ4n) is 4.91. The van der Waals surface area contributed by atoms with Crippen molar-refractivity contribution < 1.29 is 18.0 Å². The molecule has 0 bridgehead atoms. The standard InChI is InChI=1S/C35H38ClN3O4S/c1-4-22-37-35(41)33(23-28-12-7-5-8-13-28)38(24-29-20-18-26(2)19-21-29)34(40)25-39(32-17-11-16-31(36)27(32)3)44(42,43)30-14-9-6-10-15-30/h5-21,33H,4,22-25H2,1-3H3,(H,37,41)/t33-/m0/s1. The number of hydrogen-bond acceptors (Lipinski definition) is 4. The van der Waals surface area contributed by atoms with Crippen LogP contribution in [0.1, 0.15) is 35.6 Å². The topological polar surface area (TPSA) is 86.8 Å². The molecule has 0 heterocycles. The molecule has 0 aliphatic carbocycles. The third kappa shape index (κ3) is 8.07. The highest BCUT2D eigenvalue weighted by Crippen LogP contribution is 2.31. The fraction of sp³-hybridized carbons (Fsp3) is 0.257. The van der Waals surface area contributed by atoms with Gasteiger partial charge < -0.3 is 10.2 Å². The zero-order chi connectivity index (χ0) is 31.7. The molecule has 7 nitrogen and oxygen atoms in total. The van der Waals surface area contributed by atoms with Crippen LogP contribution in [0.15, 0.2) is 108 Å². The number of hydrogen-bond donors (Lipinski definition) is 1. The van der Waals surface area contributed by atoms with Crippen LogP contribution in [0.3, 0.4) is 0 Å². The van der Waals surface area contributed by atoms with Crippen LogP contribution in [-0.2, 0) is 32.6 Å². The smallest absolute Gasteiger partial charge is 0.264 e. The number of anilines is 1. The van der Waals surface area contributed by atoms with Gasteiger partial charge in [-0.05, 0) is 61.2 Å². The minimum atomic E-state index is -4.19. The molecular formula is C35H38ClN3O4S. The number of carbonyl (C=O) groups is 2. The Kier molecular flexibility index (Phi) is 11.2. The molecule has 1 atom stereocenters. The second-order valence-corrected chi connectivity index (χ2v) is 13.0. The van der Waals surface area contributed by atoms with E-state index in [1.54, 1.807) is 43.3 Å². The number of carbonyl (C=O) groups excluding carboxylic acids is 2. The van der Waals surface area contributed by atoms with E-state index < -0.39 is 28.5 Å². The number of aryl methyl sites for hydroxylation is 1. The van der Waals surface area contributed by atoms with Crippen molar-refractivity contribution in [2.45, 2.75) is 51.1 Å². The van der Waals surface area contributed by atoms with Crippen LogP contribution in [0, 0.1) is 13.8 Å². The Morgan fingerprint density at radius 1 is 0.818 bits per heavy atom. The summed E-state index contributed by atoms with van der Waals surface area (Å²) in [7, 11) is -4.19. The predicted molar refractivity (Wildman–Crippen MR) is 176 cm³/mol. The molecule has 0 aromatic heterocycles. The van der Waals surface area contributed by atoms with E-state index in [1.807, 2.05) is 68.4 Å². The molecule has 9 heteroatoms. The molecule has 0 saturated carbocycles. The Morgan fingerprint density at radius 2 is 1.45 bits per heavy atom. The van der Waals surface area contributed by atoms with Gasteiger partial charge in [0.25, 0.3) is 10.0 Å². The monoisotopic (exact) mass is 631 g/mol. The number of benzene rings is 4. The van der Waals surface area contributed by atoms with E-state index in [0.29, 0.717) is 22.8 Å². The second-order valence-electron chi connectivity index (χ2n) is 10.7. The Balaban J connectivity index is 1.81. The third-order valence-corrected chi connectivity index (χ3v) is 9.60. The number of amides is 2. The van der Waals surface area contributed by atoms with Gasteiger partial charge in [0.15, 0.2) is 0 Å². The van der Waals surface area contributed by atoms with Crippen molar-refractivity contribution >= 4 is 39.1 Å². The summed E-state index contributed by atoms with van der Waals surface area (Å²) in [6, 6.07) is 29.3. The highest BCUT2D eigenvalue weighted by molar-refractivity contribution is 7.92. The summed E-state index contributed by atoms with van der Waals surface area (Å²) in [5.41, 5.74) is 3.57. The van der Waals surface area contributed by atoms with E-state index in [1.165, 1.54) is 17.0 Å². The lowest BCUT2D eigenvalue weighted by Crippen LogP contribution is -2.53. The van der Waals surface area contributed by atoms with Crippen LogP contribution in [-0.4, -0.2) is 44.3 Å². The van der Waals surface area contributed by atoms with Crippen LogP contribution in [0.4, 0.5) is 5.69 Å². The molecule has 0 radical (unpaired) electrons. The predicted octanol–water partition coefficient (Wildman–Crippen LogP) is 6.32. The summed E-state index contributed by atoms with van der Waals surface area (Å²) in [6.45, 7) is 5.69. The van der Waals surface area contributed by atoms with E-state index in [0.717, 1.165) is 27.4 Å². The van der Waals surface area contributed by atoms with Gasteiger partial charge in [-0.3, -0.25) is 13.9 Å². The molecule has 44 heavy (non-hydrogen) atoms. The van der Waals surface area contributed by atoms with Gasteiger partial charge in [0.05, 0.1) is 10.6 Å². The Labute approximate surface area is 265 Å². The van der Waals surface area contributed by atoms with E-state index in [-0.39, 0.29) is 23.8 Å². The Bertz CT molecular complexity index is 1660. The molecule has 4 aromatic carbocycles. The van der Waals surface area contributed by atoms with Gasteiger partial charge in [-0.2, -0.15) is 0 Å². The molecule has 1 N–H and O–H groups in total. The van der Waals surface area contributed by atoms with Gasteiger partial charge >= 0.3 is 0 Å². The average Bonchev–Trinajstić information content (AvgIpc) is 3.03. The van der Waals surface area contributed by atoms with Crippen LogP contribution >= 0.6 is 11.6 Å². The summed E-state index contributed by atoms with van der Waals surface area (Å²) in [4.78, 5) is 29.7. The molecule has 2 amide bonds. The zero-order valence-corrected chi connectivity index (χ0v) is 26.8. The van der Waals surface area contributed by atoms with Crippen LogP contribution in [0.2, 0.25) is 5.02 Å². The maximum atomic E-state index is 14.5. The number of nitrogens with one attached hydrogen (secondary N) is 1. The Hall–Kier alpha value is -4.14. The van der Waals surface area contributed by atoms with E-state index in [9.17, 15) is 18.0 Å². The minimum Gasteiger partial charge on any atom is -0.354 e. The Morgan fingerprint density at radius 3 is 2.09 bits per heavy atom. The van der Waals surface area contributed by atoms with Crippen molar-refractivity contribution in [1.82, 2.24) is 10.2 Å². The molecule has 0 spiro atoms. The summed E-state index contributed by atoms with van der Waals surface area (Å²) >= 11 is 6.43. The lowest BCUT2D eigenvalue weighted by atomic mass is 10.0. The van der Waals surface area contributed by atoms with Crippen LogP contribution in [0.5, 0.6) is 0 Å². The van der Waals surface area contributed by atoms with Gasteiger partial charge in [-0.1, -0.05) is 103 Å². The summed E-state index contributed by atoms with van der Waals surface area (Å²) < 4.78 is 29.3. The molecule has 0 fully saturated rings. The first-order valence-corrected chi connectivity index (χ1v) is 16.4. The van der Waals surface area contributed by atoms with Crippen molar-refractivity contribution in [3.05, 3.63) is 130 Å². The highest BCUT2D eigenvalue weighted by Gasteiger charge is 2.35. The van der Waals surface area contributed by atoms with Crippen LogP contribution < -0.4 is 9.62 Å². The van der Waals surface area contributed by atoms with E-state index >= 15 is 0 Å². The first-order chi connectivity index (χ1) is 21.1. The average molecular weight is 632 g/mol. The largest absolute Gasteiger partial charge is 0.354 e. The van der Waals surface area contributed by atoms with E-state index in [4.69, 9.17) is 11.6 Å². The lowest BCUT2D eigenvalue weighted by Gasteiger charge is -2.34. The van der Waals surface area contributed by atoms with Gasteiger partial charge in [-0.15, -0.1) is 0 Å². The molecule has 0 aliphatic heterocycles.